The predicted octanol–water partition coefficient (Wildman–Crippen LogP) is 0.518. The highest BCUT2D eigenvalue weighted by molar-refractivity contribution is 7.85. The molecule has 10 heteroatoms. The SMILES string of the molecule is CC1(C)O[C@H]2O[C@@H](COS(C)(=O)=O)[C@@H](N=[N+]=[N-])[C@H]2O1. The Hall–Kier alpha value is -0.900. The summed E-state index contributed by atoms with van der Waals surface area (Å²) in [6, 6.07) is -0.696. The summed E-state index contributed by atoms with van der Waals surface area (Å²) in [5.74, 6) is -0.832. The van der Waals surface area contributed by atoms with Crippen molar-refractivity contribution in [2.24, 2.45) is 5.11 Å². The maximum Gasteiger partial charge on any atom is 0.264 e. The van der Waals surface area contributed by atoms with Crippen molar-refractivity contribution in [2.45, 2.75) is 44.2 Å². The first-order valence-corrected chi connectivity index (χ1v) is 7.43. The molecular weight excluding hydrogens is 278 g/mol. The van der Waals surface area contributed by atoms with Crippen LogP contribution in [0.2, 0.25) is 0 Å². The second-order valence-corrected chi connectivity index (χ2v) is 6.47. The van der Waals surface area contributed by atoms with Crippen molar-refractivity contribution in [3.8, 4) is 0 Å². The Bertz CT molecular complexity index is 500. The minimum Gasteiger partial charge on any atom is -0.344 e. The quantitative estimate of drug-likeness (QED) is 0.322. The Morgan fingerprint density at radius 2 is 2.11 bits per heavy atom. The molecule has 2 rings (SSSR count). The molecule has 0 aromatic rings. The molecule has 0 spiro atoms. The van der Waals surface area contributed by atoms with Gasteiger partial charge in [-0.1, -0.05) is 5.11 Å². The van der Waals surface area contributed by atoms with Crippen LogP contribution >= 0.6 is 0 Å². The van der Waals surface area contributed by atoms with Crippen molar-refractivity contribution in [1.29, 1.82) is 0 Å². The van der Waals surface area contributed by atoms with Gasteiger partial charge in [-0.05, 0) is 19.4 Å². The largest absolute Gasteiger partial charge is 0.344 e. The zero-order valence-electron chi connectivity index (χ0n) is 10.7. The van der Waals surface area contributed by atoms with Crippen LogP contribution < -0.4 is 0 Å². The highest BCUT2D eigenvalue weighted by atomic mass is 32.2. The second kappa shape index (κ2) is 4.89. The van der Waals surface area contributed by atoms with E-state index in [1.165, 1.54) is 0 Å². The molecule has 0 unspecified atom stereocenters. The molecule has 0 aliphatic carbocycles. The summed E-state index contributed by atoms with van der Waals surface area (Å²) in [6.45, 7) is 3.18. The lowest BCUT2D eigenvalue weighted by Gasteiger charge is -2.22. The Labute approximate surface area is 110 Å². The lowest BCUT2D eigenvalue weighted by molar-refractivity contribution is -0.208. The van der Waals surface area contributed by atoms with E-state index in [-0.39, 0.29) is 6.61 Å². The van der Waals surface area contributed by atoms with E-state index in [2.05, 4.69) is 14.2 Å². The van der Waals surface area contributed by atoms with Crippen molar-refractivity contribution in [1.82, 2.24) is 0 Å². The van der Waals surface area contributed by atoms with Crippen molar-refractivity contribution in [3.05, 3.63) is 10.4 Å². The molecule has 0 N–H and O–H groups in total. The summed E-state index contributed by atoms with van der Waals surface area (Å²) in [5, 5.41) is 3.59. The van der Waals surface area contributed by atoms with Crippen molar-refractivity contribution >= 4 is 10.1 Å². The van der Waals surface area contributed by atoms with E-state index in [1.54, 1.807) is 13.8 Å². The molecule has 19 heavy (non-hydrogen) atoms. The molecule has 2 heterocycles. The van der Waals surface area contributed by atoms with Crippen molar-refractivity contribution in [2.75, 3.05) is 12.9 Å². The van der Waals surface area contributed by atoms with Crippen LogP contribution in [0.25, 0.3) is 10.4 Å². The summed E-state index contributed by atoms with van der Waals surface area (Å²) in [6.07, 6.45) is -1.06. The lowest BCUT2D eigenvalue weighted by atomic mass is 10.1. The maximum absolute atomic E-state index is 11.0. The van der Waals surface area contributed by atoms with Crippen LogP contribution in [0.4, 0.5) is 0 Å². The molecule has 108 valence electrons. The minimum atomic E-state index is -3.59. The molecule has 2 aliphatic heterocycles. The first-order chi connectivity index (χ1) is 8.72. The van der Waals surface area contributed by atoms with Gasteiger partial charge in [-0.3, -0.25) is 4.18 Å². The molecule has 0 aromatic carbocycles. The smallest absolute Gasteiger partial charge is 0.264 e. The highest BCUT2D eigenvalue weighted by Gasteiger charge is 2.54. The van der Waals surface area contributed by atoms with Crippen LogP contribution in [0.1, 0.15) is 13.8 Å². The number of rotatable bonds is 4. The van der Waals surface area contributed by atoms with Gasteiger partial charge in [0.1, 0.15) is 6.10 Å². The van der Waals surface area contributed by atoms with Gasteiger partial charge in [0.05, 0.1) is 25.0 Å². The molecule has 4 atom stereocenters. The number of fused-ring (bicyclic) bond motifs is 1. The van der Waals surface area contributed by atoms with Crippen LogP contribution in [0.3, 0.4) is 0 Å². The first kappa shape index (κ1) is 14.5. The molecule has 2 fully saturated rings. The fourth-order valence-electron chi connectivity index (χ4n) is 2.09. The molecule has 0 bridgehead atoms. The molecule has 2 saturated heterocycles. The Morgan fingerprint density at radius 3 is 2.68 bits per heavy atom. The number of hydrogen-bond acceptors (Lipinski definition) is 7. The Kier molecular flexibility index (Phi) is 3.74. The van der Waals surface area contributed by atoms with E-state index in [9.17, 15) is 8.42 Å². The van der Waals surface area contributed by atoms with Gasteiger partial charge in [0.2, 0.25) is 0 Å². The van der Waals surface area contributed by atoms with Gasteiger partial charge in [-0.2, -0.15) is 8.42 Å². The van der Waals surface area contributed by atoms with E-state index < -0.39 is 40.4 Å². The van der Waals surface area contributed by atoms with Gasteiger partial charge in [0.25, 0.3) is 10.1 Å². The summed E-state index contributed by atoms with van der Waals surface area (Å²) >= 11 is 0. The van der Waals surface area contributed by atoms with E-state index in [0.717, 1.165) is 6.26 Å². The van der Waals surface area contributed by atoms with Crippen LogP contribution in [0.15, 0.2) is 5.11 Å². The lowest BCUT2D eigenvalue weighted by Crippen LogP contribution is -2.35. The zero-order chi connectivity index (χ0) is 14.3. The normalized spacial score (nSPS) is 36.8. The average molecular weight is 293 g/mol. The predicted molar refractivity (Wildman–Crippen MR) is 62.4 cm³/mol. The number of nitrogens with zero attached hydrogens (tertiary/aromatic N) is 3. The summed E-state index contributed by atoms with van der Waals surface area (Å²) < 4.78 is 43.1. The average Bonchev–Trinajstić information content (AvgIpc) is 2.69. The summed E-state index contributed by atoms with van der Waals surface area (Å²) in [5.41, 5.74) is 8.57. The highest BCUT2D eigenvalue weighted by Crippen LogP contribution is 2.38. The number of azide groups is 1. The van der Waals surface area contributed by atoms with Crippen molar-refractivity contribution in [3.63, 3.8) is 0 Å². The van der Waals surface area contributed by atoms with Gasteiger partial charge < -0.3 is 14.2 Å². The van der Waals surface area contributed by atoms with Crippen LogP contribution in [-0.4, -0.2) is 51.6 Å². The maximum atomic E-state index is 11.0. The van der Waals surface area contributed by atoms with Gasteiger partial charge in [0, 0.05) is 4.91 Å². The molecule has 0 aromatic heterocycles. The summed E-state index contributed by atoms with van der Waals surface area (Å²) in [4.78, 5) is 2.72. The third kappa shape index (κ3) is 3.35. The first-order valence-electron chi connectivity index (χ1n) is 5.61. The Balaban J connectivity index is 2.09. The Morgan fingerprint density at radius 1 is 1.42 bits per heavy atom. The van der Waals surface area contributed by atoms with Crippen LogP contribution in [0, 0.1) is 0 Å². The van der Waals surface area contributed by atoms with Crippen LogP contribution in [0.5, 0.6) is 0 Å². The monoisotopic (exact) mass is 293 g/mol. The summed E-state index contributed by atoms with van der Waals surface area (Å²) in [7, 11) is -3.59. The van der Waals surface area contributed by atoms with E-state index in [1.807, 2.05) is 0 Å². The molecule has 0 radical (unpaired) electrons. The van der Waals surface area contributed by atoms with Gasteiger partial charge >= 0.3 is 0 Å². The number of hydrogen-bond donors (Lipinski definition) is 0. The topological polar surface area (TPSA) is 120 Å². The molecule has 0 saturated carbocycles. The molecule has 0 amide bonds. The fourth-order valence-corrected chi connectivity index (χ4v) is 2.47. The zero-order valence-corrected chi connectivity index (χ0v) is 11.5. The standard InChI is InChI=1S/C9H15N3O6S/c1-9(2)17-7-6(11-12-10)5(16-8(7)18-9)4-15-19(3,13)14/h5-8H,4H2,1-3H3/t5-,6+,7+,8+/m0/s1. The second-order valence-electron chi connectivity index (χ2n) is 4.83. The number of ether oxygens (including phenoxy) is 3. The third-order valence-corrected chi connectivity index (χ3v) is 3.31. The van der Waals surface area contributed by atoms with E-state index in [0.29, 0.717) is 0 Å². The van der Waals surface area contributed by atoms with Gasteiger partial charge in [-0.25, -0.2) is 0 Å². The molecular formula is C9H15N3O6S. The van der Waals surface area contributed by atoms with E-state index >= 15 is 0 Å². The van der Waals surface area contributed by atoms with E-state index in [4.69, 9.17) is 19.7 Å². The molecule has 9 nitrogen and oxygen atoms in total. The minimum absolute atomic E-state index is 0.247. The van der Waals surface area contributed by atoms with Crippen LogP contribution in [-0.2, 0) is 28.5 Å². The molecule has 2 aliphatic rings. The van der Waals surface area contributed by atoms with Gasteiger partial charge in [0.15, 0.2) is 12.1 Å². The van der Waals surface area contributed by atoms with Crippen molar-refractivity contribution < 1.29 is 26.8 Å². The van der Waals surface area contributed by atoms with Gasteiger partial charge in [-0.15, -0.1) is 0 Å². The third-order valence-electron chi connectivity index (χ3n) is 2.75. The fraction of sp³-hybridized carbons (Fsp3) is 1.00.